The van der Waals surface area contributed by atoms with Crippen molar-refractivity contribution in [3.8, 4) is 0 Å². The Bertz CT molecular complexity index is 1250. The molecular formula is C19H20N8O5S4. The first-order valence-corrected chi connectivity index (χ1v) is 14.1. The number of aliphatic carboxylic acids is 1. The molecule has 2 aliphatic rings. The number of β-lactam (4-membered cyclic amide) rings is 1. The predicted molar refractivity (Wildman–Crippen MR) is 138 cm³/mol. The SMILES string of the molecule is NCCSCc1ccncc1SC1=C(C(=O)O)N2C(=O)[C@@H](NC(=O)/C(=N\O)c3nsc(N)n3)C2SC1. The van der Waals surface area contributed by atoms with Crippen molar-refractivity contribution in [1.82, 2.24) is 24.6 Å². The molecule has 13 nitrogen and oxygen atoms in total. The van der Waals surface area contributed by atoms with Gasteiger partial charge in [-0.3, -0.25) is 19.5 Å². The number of oxime groups is 1. The molecule has 0 spiro atoms. The fraction of sp³-hybridized carbons (Fsp3) is 0.316. The molecule has 0 aliphatic carbocycles. The van der Waals surface area contributed by atoms with Gasteiger partial charge in [-0.15, -0.1) is 11.8 Å². The summed E-state index contributed by atoms with van der Waals surface area (Å²) < 4.78 is 3.83. The van der Waals surface area contributed by atoms with Gasteiger partial charge in [0.1, 0.15) is 17.1 Å². The molecule has 2 aliphatic heterocycles. The topological polar surface area (TPSA) is 210 Å². The summed E-state index contributed by atoms with van der Waals surface area (Å²) in [6, 6.07) is 0.856. The Morgan fingerprint density at radius 1 is 1.39 bits per heavy atom. The van der Waals surface area contributed by atoms with Gasteiger partial charge < -0.3 is 27.1 Å². The summed E-state index contributed by atoms with van der Waals surface area (Å²) in [7, 11) is 0. The molecular weight excluding hydrogens is 549 g/mol. The quantitative estimate of drug-likeness (QED) is 0.0863. The van der Waals surface area contributed by atoms with Crippen molar-refractivity contribution in [1.29, 1.82) is 0 Å². The van der Waals surface area contributed by atoms with Crippen molar-refractivity contribution in [2.24, 2.45) is 10.9 Å². The van der Waals surface area contributed by atoms with E-state index < -0.39 is 34.9 Å². The number of nitrogens with one attached hydrogen (secondary N) is 1. The molecule has 2 aromatic rings. The molecule has 36 heavy (non-hydrogen) atoms. The van der Waals surface area contributed by atoms with Crippen LogP contribution in [0.2, 0.25) is 0 Å². The number of carbonyl (C=O) groups excluding carboxylic acids is 2. The molecule has 1 saturated heterocycles. The van der Waals surface area contributed by atoms with E-state index in [0.29, 0.717) is 23.0 Å². The average Bonchev–Trinajstić information content (AvgIpc) is 3.29. The molecule has 2 amide bonds. The highest BCUT2D eigenvalue weighted by atomic mass is 32.2. The lowest BCUT2D eigenvalue weighted by atomic mass is 10.0. The van der Waals surface area contributed by atoms with Crippen LogP contribution in [-0.4, -0.2) is 82.5 Å². The standard InChI is InChI=1S/C19H20N8O5S4/c20-2-4-33-6-8-1-3-22-5-9(8)35-10-7-34-17-12(16(29)27(17)13(10)18(30)31)23-15(28)11(25-32)14-24-19(21)36-26-14/h1,3,5,12,17,32H,2,4,6-7,20H2,(H,23,28)(H,30,31)(H2,21,24,26)/b25-11-/t12-,17?/m1/s1. The summed E-state index contributed by atoms with van der Waals surface area (Å²) in [5, 5.41) is 24.0. The minimum absolute atomic E-state index is 0.0729. The Balaban J connectivity index is 1.51. The van der Waals surface area contributed by atoms with Gasteiger partial charge in [0, 0.05) is 57.5 Å². The largest absolute Gasteiger partial charge is 0.477 e. The number of amides is 2. The zero-order chi connectivity index (χ0) is 25.8. The van der Waals surface area contributed by atoms with Crippen LogP contribution in [0.5, 0.6) is 0 Å². The molecule has 0 aromatic carbocycles. The van der Waals surface area contributed by atoms with E-state index in [1.54, 1.807) is 24.2 Å². The zero-order valence-corrected chi connectivity index (χ0v) is 21.6. The molecule has 0 bridgehead atoms. The van der Waals surface area contributed by atoms with E-state index in [9.17, 15) is 24.7 Å². The molecule has 4 rings (SSSR count). The van der Waals surface area contributed by atoms with Gasteiger partial charge in [-0.25, -0.2) is 4.79 Å². The molecule has 2 atom stereocenters. The summed E-state index contributed by atoms with van der Waals surface area (Å²) in [5.74, 6) is -1.12. The minimum Gasteiger partial charge on any atom is -0.477 e. The summed E-state index contributed by atoms with van der Waals surface area (Å²) in [4.78, 5) is 48.2. The van der Waals surface area contributed by atoms with E-state index in [-0.39, 0.29) is 16.7 Å². The van der Waals surface area contributed by atoms with Crippen molar-refractivity contribution in [2.45, 2.75) is 22.1 Å². The van der Waals surface area contributed by atoms with E-state index in [4.69, 9.17) is 11.5 Å². The van der Waals surface area contributed by atoms with Gasteiger partial charge in [-0.05, 0) is 11.6 Å². The summed E-state index contributed by atoms with van der Waals surface area (Å²) in [6.07, 6.45) is 3.34. The Kier molecular flexibility index (Phi) is 8.35. The predicted octanol–water partition coefficient (Wildman–Crippen LogP) is 0.374. The molecule has 4 heterocycles. The van der Waals surface area contributed by atoms with Gasteiger partial charge in [0.25, 0.3) is 11.8 Å². The monoisotopic (exact) mass is 568 g/mol. The molecule has 0 radical (unpaired) electrons. The number of rotatable bonds is 10. The van der Waals surface area contributed by atoms with Gasteiger partial charge in [0.15, 0.2) is 5.13 Å². The number of fused-ring (bicyclic) bond motifs is 1. The van der Waals surface area contributed by atoms with E-state index in [0.717, 1.165) is 32.6 Å². The number of carbonyl (C=O) groups is 3. The maximum Gasteiger partial charge on any atom is 0.353 e. The zero-order valence-electron chi connectivity index (χ0n) is 18.4. The van der Waals surface area contributed by atoms with Crippen molar-refractivity contribution < 1.29 is 24.7 Å². The highest BCUT2D eigenvalue weighted by molar-refractivity contribution is 8.06. The van der Waals surface area contributed by atoms with Crippen molar-refractivity contribution in [2.75, 3.05) is 23.8 Å². The van der Waals surface area contributed by atoms with Crippen LogP contribution in [-0.2, 0) is 20.1 Å². The number of anilines is 1. The van der Waals surface area contributed by atoms with Crippen LogP contribution >= 0.6 is 46.8 Å². The number of pyridine rings is 1. The van der Waals surface area contributed by atoms with Crippen LogP contribution in [0.15, 0.2) is 39.1 Å². The maximum absolute atomic E-state index is 12.9. The van der Waals surface area contributed by atoms with Crippen molar-refractivity contribution in [3.05, 3.63) is 40.5 Å². The lowest BCUT2D eigenvalue weighted by molar-refractivity contribution is -0.150. The van der Waals surface area contributed by atoms with Crippen LogP contribution in [0.1, 0.15) is 11.4 Å². The normalized spacial score (nSPS) is 19.6. The summed E-state index contributed by atoms with van der Waals surface area (Å²) in [5.41, 5.74) is 11.4. The van der Waals surface area contributed by atoms with Gasteiger partial charge in [-0.1, -0.05) is 16.9 Å². The minimum atomic E-state index is -1.25. The number of carboxylic acids is 1. The van der Waals surface area contributed by atoms with E-state index in [2.05, 4.69) is 24.8 Å². The second-order valence-electron chi connectivity index (χ2n) is 7.27. The van der Waals surface area contributed by atoms with E-state index in [1.165, 1.54) is 23.5 Å². The second-order valence-corrected chi connectivity index (χ2v) is 11.4. The van der Waals surface area contributed by atoms with Crippen LogP contribution < -0.4 is 16.8 Å². The Labute approximate surface area is 221 Å². The van der Waals surface area contributed by atoms with Crippen LogP contribution in [0.4, 0.5) is 5.13 Å². The molecule has 17 heteroatoms. The Morgan fingerprint density at radius 3 is 2.86 bits per heavy atom. The molecule has 1 fully saturated rings. The Hall–Kier alpha value is -2.86. The molecule has 2 aromatic heterocycles. The molecule has 190 valence electrons. The van der Waals surface area contributed by atoms with Gasteiger partial charge in [0.05, 0.1) is 0 Å². The summed E-state index contributed by atoms with van der Waals surface area (Å²) >= 11 is 5.05. The number of nitrogen functional groups attached to an aromatic ring is 1. The number of hydrogen-bond acceptors (Lipinski definition) is 14. The fourth-order valence-corrected chi connectivity index (χ4v) is 7.30. The van der Waals surface area contributed by atoms with Crippen molar-refractivity contribution >= 4 is 75.4 Å². The van der Waals surface area contributed by atoms with Gasteiger partial charge in [-0.2, -0.15) is 21.1 Å². The third-order valence-electron chi connectivity index (χ3n) is 5.01. The number of hydrogen-bond donors (Lipinski definition) is 5. The molecule has 7 N–H and O–H groups in total. The smallest absolute Gasteiger partial charge is 0.353 e. The first-order chi connectivity index (χ1) is 17.3. The first-order valence-electron chi connectivity index (χ1n) is 10.3. The Morgan fingerprint density at radius 2 is 2.19 bits per heavy atom. The molecule has 1 unspecified atom stereocenters. The van der Waals surface area contributed by atoms with Crippen LogP contribution in [0.3, 0.4) is 0 Å². The lowest BCUT2D eigenvalue weighted by Gasteiger charge is -2.49. The van der Waals surface area contributed by atoms with Crippen LogP contribution in [0, 0.1) is 0 Å². The second kappa shape index (κ2) is 11.5. The highest BCUT2D eigenvalue weighted by Crippen LogP contribution is 2.45. The number of thioether (sulfide) groups is 3. The highest BCUT2D eigenvalue weighted by Gasteiger charge is 2.54. The van der Waals surface area contributed by atoms with Crippen molar-refractivity contribution in [3.63, 3.8) is 0 Å². The maximum atomic E-state index is 12.9. The lowest BCUT2D eigenvalue weighted by Crippen LogP contribution is -2.71. The fourth-order valence-electron chi connectivity index (χ4n) is 3.42. The van der Waals surface area contributed by atoms with E-state index in [1.807, 2.05) is 6.07 Å². The van der Waals surface area contributed by atoms with Crippen LogP contribution in [0.25, 0.3) is 0 Å². The number of nitrogens with zero attached hydrogens (tertiary/aromatic N) is 5. The summed E-state index contributed by atoms with van der Waals surface area (Å²) in [6.45, 7) is 0.555. The van der Waals surface area contributed by atoms with Gasteiger partial charge >= 0.3 is 5.97 Å². The number of nitrogens with two attached hydrogens (primary N) is 2. The first kappa shape index (κ1) is 26.2. The average molecular weight is 569 g/mol. The number of carboxylic acid groups (broad SMARTS) is 1. The third kappa shape index (κ3) is 5.29. The number of aromatic nitrogens is 3. The van der Waals surface area contributed by atoms with Gasteiger partial charge in [0.2, 0.25) is 11.5 Å². The third-order valence-corrected chi connectivity index (χ3v) is 9.23. The van der Waals surface area contributed by atoms with E-state index >= 15 is 0 Å². The molecule has 0 saturated carbocycles.